The molecule has 1 heterocycles. The van der Waals surface area contributed by atoms with Crippen LogP contribution in [0, 0.1) is 5.92 Å². The van der Waals surface area contributed by atoms with E-state index >= 15 is 0 Å². The molecule has 1 atom stereocenters. The van der Waals surface area contributed by atoms with E-state index in [1.54, 1.807) is 0 Å². The molecular weight excluding hydrogens is 284 g/mol. The van der Waals surface area contributed by atoms with Gasteiger partial charge in [-0.2, -0.15) is 0 Å². The maximum absolute atomic E-state index is 11.6. The molecule has 0 bridgehead atoms. The number of hydrogen-bond acceptors (Lipinski definition) is 4. The fourth-order valence-electron chi connectivity index (χ4n) is 2.69. The van der Waals surface area contributed by atoms with E-state index in [1.807, 2.05) is 6.92 Å². The van der Waals surface area contributed by atoms with Gasteiger partial charge in [0.1, 0.15) is 0 Å². The summed E-state index contributed by atoms with van der Waals surface area (Å²) >= 11 is 0. The minimum Gasteiger partial charge on any atom is -0.367 e. The maximum Gasteiger partial charge on any atom is 0.154 e. The molecule has 1 aliphatic heterocycles. The van der Waals surface area contributed by atoms with Crippen LogP contribution in [-0.4, -0.2) is 39.1 Å². The van der Waals surface area contributed by atoms with Crippen molar-refractivity contribution < 1.29 is 8.42 Å². The lowest BCUT2D eigenvalue weighted by Crippen LogP contribution is -2.47. The van der Waals surface area contributed by atoms with E-state index in [-0.39, 0.29) is 17.5 Å². The highest BCUT2D eigenvalue weighted by Gasteiger charge is 2.28. The zero-order chi connectivity index (χ0) is 15.5. The average molecular weight is 310 g/mol. The van der Waals surface area contributed by atoms with Crippen LogP contribution in [0.5, 0.6) is 0 Å². The van der Waals surface area contributed by atoms with E-state index < -0.39 is 9.84 Å². The van der Waals surface area contributed by atoms with Crippen LogP contribution in [0.3, 0.4) is 0 Å². The lowest BCUT2D eigenvalue weighted by Gasteiger charge is -2.35. The van der Waals surface area contributed by atoms with Crippen molar-refractivity contribution in [1.82, 2.24) is 5.32 Å². The van der Waals surface area contributed by atoms with Gasteiger partial charge in [-0.15, -0.1) is 0 Å². The molecule has 1 aliphatic rings. The summed E-state index contributed by atoms with van der Waals surface area (Å²) in [5.41, 5.74) is 2.38. The molecule has 2 rings (SSSR count). The first kappa shape index (κ1) is 16.3. The molecule has 1 aromatic carbocycles. The van der Waals surface area contributed by atoms with E-state index in [1.165, 1.54) is 5.56 Å². The van der Waals surface area contributed by atoms with E-state index in [2.05, 4.69) is 48.3 Å². The van der Waals surface area contributed by atoms with E-state index in [4.69, 9.17) is 0 Å². The van der Waals surface area contributed by atoms with Gasteiger partial charge in [-0.1, -0.05) is 26.0 Å². The minimum absolute atomic E-state index is 0.0497. The summed E-state index contributed by atoms with van der Waals surface area (Å²) in [7, 11) is -2.85. The summed E-state index contributed by atoms with van der Waals surface area (Å²) in [5.74, 6) is 1.17. The number of sulfone groups is 1. The van der Waals surface area contributed by atoms with Gasteiger partial charge in [0, 0.05) is 24.8 Å². The van der Waals surface area contributed by atoms with Crippen LogP contribution in [0.2, 0.25) is 0 Å². The molecule has 0 spiro atoms. The van der Waals surface area contributed by atoms with Gasteiger partial charge in [0.05, 0.1) is 11.5 Å². The number of anilines is 1. The molecule has 1 N–H and O–H groups in total. The normalized spacial score (nSPS) is 21.7. The highest BCUT2D eigenvalue weighted by molar-refractivity contribution is 7.91. The predicted molar refractivity (Wildman–Crippen MR) is 88.4 cm³/mol. The van der Waals surface area contributed by atoms with Gasteiger partial charge in [-0.05, 0) is 37.1 Å². The SMILES string of the molecule is CC(C)CNCc1ccc(N2CCS(=O)(=O)CC2C)cc1. The monoisotopic (exact) mass is 310 g/mol. The number of benzene rings is 1. The zero-order valence-corrected chi connectivity index (χ0v) is 14.0. The largest absolute Gasteiger partial charge is 0.367 e. The molecule has 5 heteroatoms. The van der Waals surface area contributed by atoms with Crippen molar-refractivity contribution in [2.45, 2.75) is 33.4 Å². The van der Waals surface area contributed by atoms with Gasteiger partial charge in [0.2, 0.25) is 0 Å². The first-order valence-electron chi connectivity index (χ1n) is 7.64. The van der Waals surface area contributed by atoms with Gasteiger partial charge in [-0.3, -0.25) is 0 Å². The van der Waals surface area contributed by atoms with Crippen molar-refractivity contribution in [3.8, 4) is 0 Å². The summed E-state index contributed by atoms with van der Waals surface area (Å²) in [6.45, 7) is 8.86. The fraction of sp³-hybridized carbons (Fsp3) is 0.625. The van der Waals surface area contributed by atoms with Gasteiger partial charge in [0.25, 0.3) is 0 Å². The van der Waals surface area contributed by atoms with Crippen LogP contribution in [0.1, 0.15) is 26.3 Å². The smallest absolute Gasteiger partial charge is 0.154 e. The second-order valence-electron chi connectivity index (χ2n) is 6.35. The molecule has 1 fully saturated rings. The van der Waals surface area contributed by atoms with Crippen molar-refractivity contribution in [3.63, 3.8) is 0 Å². The molecule has 0 saturated carbocycles. The minimum atomic E-state index is -2.85. The van der Waals surface area contributed by atoms with Gasteiger partial charge >= 0.3 is 0 Å². The Labute approximate surface area is 128 Å². The molecule has 0 aromatic heterocycles. The molecule has 0 amide bonds. The molecule has 1 unspecified atom stereocenters. The Morgan fingerprint density at radius 2 is 1.95 bits per heavy atom. The first-order chi connectivity index (χ1) is 9.87. The van der Waals surface area contributed by atoms with Gasteiger partial charge in [0.15, 0.2) is 9.84 Å². The van der Waals surface area contributed by atoms with E-state index in [0.717, 1.165) is 18.8 Å². The molecule has 4 nitrogen and oxygen atoms in total. The molecule has 1 saturated heterocycles. The van der Waals surface area contributed by atoms with Crippen LogP contribution >= 0.6 is 0 Å². The Bertz CT molecular complexity index is 552. The first-order valence-corrected chi connectivity index (χ1v) is 9.46. The van der Waals surface area contributed by atoms with Crippen molar-refractivity contribution in [2.24, 2.45) is 5.92 Å². The quantitative estimate of drug-likeness (QED) is 0.904. The van der Waals surface area contributed by atoms with Crippen molar-refractivity contribution >= 4 is 15.5 Å². The lowest BCUT2D eigenvalue weighted by molar-refractivity contribution is 0.552. The molecule has 1 aromatic rings. The van der Waals surface area contributed by atoms with Crippen molar-refractivity contribution in [2.75, 3.05) is 29.5 Å². The van der Waals surface area contributed by atoms with Crippen LogP contribution in [0.25, 0.3) is 0 Å². The fourth-order valence-corrected chi connectivity index (χ4v) is 4.25. The average Bonchev–Trinajstić information content (AvgIpc) is 2.38. The van der Waals surface area contributed by atoms with Crippen LogP contribution in [-0.2, 0) is 16.4 Å². The molecule has 0 radical (unpaired) electrons. The summed E-state index contributed by atoms with van der Waals surface area (Å²) < 4.78 is 23.3. The molecule has 118 valence electrons. The molecule has 21 heavy (non-hydrogen) atoms. The van der Waals surface area contributed by atoms with Gasteiger partial charge in [-0.25, -0.2) is 8.42 Å². The van der Waals surface area contributed by atoms with Crippen LogP contribution in [0.15, 0.2) is 24.3 Å². The van der Waals surface area contributed by atoms with Crippen LogP contribution in [0.4, 0.5) is 5.69 Å². The van der Waals surface area contributed by atoms with E-state index in [9.17, 15) is 8.42 Å². The molecular formula is C16H26N2O2S. The number of nitrogens with one attached hydrogen (secondary N) is 1. The summed E-state index contributed by atoms with van der Waals surface area (Å²) in [4.78, 5) is 2.19. The lowest BCUT2D eigenvalue weighted by atomic mass is 10.1. The van der Waals surface area contributed by atoms with Crippen molar-refractivity contribution in [3.05, 3.63) is 29.8 Å². The third kappa shape index (κ3) is 4.71. The number of rotatable bonds is 5. The summed E-state index contributed by atoms with van der Waals surface area (Å²) in [5, 5.41) is 3.43. The third-order valence-corrected chi connectivity index (χ3v) is 5.61. The second kappa shape index (κ2) is 6.79. The number of nitrogens with zero attached hydrogens (tertiary/aromatic N) is 1. The standard InChI is InChI=1S/C16H26N2O2S/c1-13(2)10-17-11-15-4-6-16(7-5-15)18-8-9-21(19,20)12-14(18)3/h4-7,13-14,17H,8-12H2,1-3H3. The maximum atomic E-state index is 11.6. The molecule has 0 aliphatic carbocycles. The predicted octanol–water partition coefficient (Wildman–Crippen LogP) is 2.06. The Hall–Kier alpha value is -1.07. The van der Waals surface area contributed by atoms with Crippen molar-refractivity contribution in [1.29, 1.82) is 0 Å². The van der Waals surface area contributed by atoms with Gasteiger partial charge < -0.3 is 10.2 Å². The third-order valence-electron chi connectivity index (χ3n) is 3.82. The Morgan fingerprint density at radius 3 is 2.52 bits per heavy atom. The Morgan fingerprint density at radius 1 is 1.29 bits per heavy atom. The Kier molecular flexibility index (Phi) is 5.27. The van der Waals surface area contributed by atoms with E-state index in [0.29, 0.717) is 12.5 Å². The highest BCUT2D eigenvalue weighted by atomic mass is 32.2. The second-order valence-corrected chi connectivity index (χ2v) is 8.58. The van der Waals surface area contributed by atoms with Crippen LogP contribution < -0.4 is 10.2 Å². The summed E-state index contributed by atoms with van der Waals surface area (Å²) in [6, 6.07) is 8.49. The zero-order valence-electron chi connectivity index (χ0n) is 13.2. The highest BCUT2D eigenvalue weighted by Crippen LogP contribution is 2.22. The number of hydrogen-bond donors (Lipinski definition) is 1. The topological polar surface area (TPSA) is 49.4 Å². The summed E-state index contributed by atoms with van der Waals surface area (Å²) in [6.07, 6.45) is 0. The Balaban J connectivity index is 1.96.